The fourth-order valence-corrected chi connectivity index (χ4v) is 2.05. The molecule has 2 aromatic rings. The minimum Gasteiger partial charge on any atom is -0.352 e. The molecule has 5 nitrogen and oxygen atoms in total. The van der Waals surface area contributed by atoms with Gasteiger partial charge in [0.05, 0.1) is 13.1 Å². The summed E-state index contributed by atoms with van der Waals surface area (Å²) in [6, 6.07) is 10.5. The minimum atomic E-state index is 0.402. The van der Waals surface area contributed by atoms with Crippen molar-refractivity contribution in [1.82, 2.24) is 20.6 Å². The molecule has 1 unspecified atom stereocenters. The number of hydrogen-bond acceptors (Lipinski definition) is 5. The second kappa shape index (κ2) is 5.69. The molecule has 102 valence electrons. The summed E-state index contributed by atoms with van der Waals surface area (Å²) in [7, 11) is 0. The van der Waals surface area contributed by atoms with Crippen LogP contribution < -0.4 is 10.6 Å². The molecule has 0 amide bonds. The number of aliphatic imine (C=N–C) groups is 1. The average molecular weight is 267 g/mol. The molecule has 0 saturated carbocycles. The van der Waals surface area contributed by atoms with Crippen LogP contribution in [0, 0.1) is 0 Å². The fraction of sp³-hybridized carbons (Fsp3) is 0.267. The van der Waals surface area contributed by atoms with Crippen molar-refractivity contribution in [3.8, 4) is 11.1 Å². The SMILES string of the molecule is CC1CN=C(NCc2ncc(-c3ccccc3)cn2)N1. The molecule has 1 aromatic heterocycles. The summed E-state index contributed by atoms with van der Waals surface area (Å²) < 4.78 is 0. The van der Waals surface area contributed by atoms with Gasteiger partial charge < -0.3 is 10.6 Å². The van der Waals surface area contributed by atoms with Crippen LogP contribution in [0.2, 0.25) is 0 Å². The van der Waals surface area contributed by atoms with E-state index in [4.69, 9.17) is 0 Å². The molecule has 1 aromatic carbocycles. The van der Waals surface area contributed by atoms with Crippen LogP contribution in [0.25, 0.3) is 11.1 Å². The van der Waals surface area contributed by atoms with Gasteiger partial charge >= 0.3 is 0 Å². The van der Waals surface area contributed by atoms with Gasteiger partial charge in [-0.2, -0.15) is 0 Å². The lowest BCUT2D eigenvalue weighted by Gasteiger charge is -2.08. The highest BCUT2D eigenvalue weighted by Gasteiger charge is 2.11. The summed E-state index contributed by atoms with van der Waals surface area (Å²) in [5, 5.41) is 6.45. The van der Waals surface area contributed by atoms with E-state index in [1.165, 1.54) is 0 Å². The average Bonchev–Trinajstić information content (AvgIpc) is 2.92. The second-order valence-electron chi connectivity index (χ2n) is 4.84. The Hall–Kier alpha value is -2.43. The summed E-state index contributed by atoms with van der Waals surface area (Å²) in [5.41, 5.74) is 2.15. The smallest absolute Gasteiger partial charge is 0.191 e. The highest BCUT2D eigenvalue weighted by Crippen LogP contribution is 2.16. The van der Waals surface area contributed by atoms with Crippen molar-refractivity contribution in [2.45, 2.75) is 19.5 Å². The summed E-state index contributed by atoms with van der Waals surface area (Å²) in [5.74, 6) is 1.59. The van der Waals surface area contributed by atoms with Crippen molar-refractivity contribution >= 4 is 5.96 Å². The number of nitrogens with zero attached hydrogens (tertiary/aromatic N) is 3. The van der Waals surface area contributed by atoms with Gasteiger partial charge in [-0.05, 0) is 12.5 Å². The van der Waals surface area contributed by atoms with Crippen molar-refractivity contribution in [3.63, 3.8) is 0 Å². The number of hydrogen-bond donors (Lipinski definition) is 2. The minimum absolute atomic E-state index is 0.402. The van der Waals surface area contributed by atoms with Crippen LogP contribution in [0.15, 0.2) is 47.7 Å². The zero-order valence-electron chi connectivity index (χ0n) is 11.4. The highest BCUT2D eigenvalue weighted by atomic mass is 15.2. The van der Waals surface area contributed by atoms with Gasteiger partial charge in [-0.15, -0.1) is 0 Å². The molecule has 0 aliphatic carbocycles. The van der Waals surface area contributed by atoms with Crippen LogP contribution in [-0.4, -0.2) is 28.5 Å². The lowest BCUT2D eigenvalue weighted by Crippen LogP contribution is -2.37. The predicted octanol–water partition coefficient (Wildman–Crippen LogP) is 1.58. The van der Waals surface area contributed by atoms with E-state index >= 15 is 0 Å². The van der Waals surface area contributed by atoms with E-state index in [1.807, 2.05) is 30.6 Å². The molecule has 0 fully saturated rings. The number of benzene rings is 1. The molecule has 5 heteroatoms. The van der Waals surface area contributed by atoms with Crippen LogP contribution in [0.3, 0.4) is 0 Å². The van der Waals surface area contributed by atoms with E-state index < -0.39 is 0 Å². The maximum Gasteiger partial charge on any atom is 0.191 e. The van der Waals surface area contributed by atoms with E-state index in [0.717, 1.165) is 29.5 Å². The number of aromatic nitrogens is 2. The Labute approximate surface area is 118 Å². The largest absolute Gasteiger partial charge is 0.352 e. The first-order valence-corrected chi connectivity index (χ1v) is 6.72. The third-order valence-electron chi connectivity index (χ3n) is 3.13. The summed E-state index contributed by atoms with van der Waals surface area (Å²) in [6.45, 7) is 3.49. The maximum absolute atomic E-state index is 4.38. The molecule has 2 N–H and O–H groups in total. The van der Waals surface area contributed by atoms with E-state index in [9.17, 15) is 0 Å². The predicted molar refractivity (Wildman–Crippen MR) is 79.2 cm³/mol. The van der Waals surface area contributed by atoms with Crippen molar-refractivity contribution < 1.29 is 0 Å². The van der Waals surface area contributed by atoms with Gasteiger partial charge in [-0.1, -0.05) is 30.3 Å². The zero-order chi connectivity index (χ0) is 13.8. The van der Waals surface area contributed by atoms with Gasteiger partial charge in [0.2, 0.25) is 0 Å². The fourth-order valence-electron chi connectivity index (χ4n) is 2.05. The molecule has 0 saturated heterocycles. The monoisotopic (exact) mass is 267 g/mol. The van der Waals surface area contributed by atoms with E-state index in [0.29, 0.717) is 12.6 Å². The molecular formula is C15H17N5. The van der Waals surface area contributed by atoms with Crippen LogP contribution >= 0.6 is 0 Å². The first-order chi connectivity index (χ1) is 9.81. The van der Waals surface area contributed by atoms with Crippen molar-refractivity contribution in [2.24, 2.45) is 4.99 Å². The van der Waals surface area contributed by atoms with Crippen LogP contribution in [0.1, 0.15) is 12.7 Å². The Morgan fingerprint density at radius 1 is 1.15 bits per heavy atom. The Balaban J connectivity index is 1.62. The van der Waals surface area contributed by atoms with Gasteiger partial charge in [0.15, 0.2) is 5.96 Å². The summed E-state index contributed by atoms with van der Waals surface area (Å²) in [6.07, 6.45) is 3.71. The van der Waals surface area contributed by atoms with Crippen molar-refractivity contribution in [1.29, 1.82) is 0 Å². The molecule has 20 heavy (non-hydrogen) atoms. The molecule has 1 aliphatic heterocycles. The highest BCUT2D eigenvalue weighted by molar-refractivity contribution is 5.81. The molecule has 0 radical (unpaired) electrons. The van der Waals surface area contributed by atoms with Crippen LogP contribution in [0.4, 0.5) is 0 Å². The van der Waals surface area contributed by atoms with Crippen molar-refractivity contribution in [3.05, 3.63) is 48.5 Å². The third-order valence-corrected chi connectivity index (χ3v) is 3.13. The summed E-state index contributed by atoms with van der Waals surface area (Å²) in [4.78, 5) is 13.1. The number of rotatable bonds is 3. The Morgan fingerprint density at radius 3 is 2.55 bits per heavy atom. The zero-order valence-corrected chi connectivity index (χ0v) is 11.4. The Morgan fingerprint density at radius 2 is 1.90 bits per heavy atom. The van der Waals surface area contributed by atoms with Gasteiger partial charge in [0.1, 0.15) is 5.82 Å². The molecular weight excluding hydrogens is 250 g/mol. The van der Waals surface area contributed by atoms with Crippen LogP contribution in [-0.2, 0) is 6.54 Å². The first kappa shape index (κ1) is 12.6. The topological polar surface area (TPSA) is 62.2 Å². The van der Waals surface area contributed by atoms with E-state index in [1.54, 1.807) is 0 Å². The first-order valence-electron chi connectivity index (χ1n) is 6.72. The maximum atomic E-state index is 4.38. The quantitative estimate of drug-likeness (QED) is 0.886. The third kappa shape index (κ3) is 2.93. The lowest BCUT2D eigenvalue weighted by atomic mass is 10.1. The van der Waals surface area contributed by atoms with Crippen molar-refractivity contribution in [2.75, 3.05) is 6.54 Å². The van der Waals surface area contributed by atoms with E-state index in [-0.39, 0.29) is 0 Å². The molecule has 0 spiro atoms. The second-order valence-corrected chi connectivity index (χ2v) is 4.84. The Kier molecular flexibility index (Phi) is 3.58. The lowest BCUT2D eigenvalue weighted by molar-refractivity contribution is 0.709. The molecule has 1 aliphatic rings. The summed E-state index contributed by atoms with van der Waals surface area (Å²) >= 11 is 0. The van der Waals surface area contributed by atoms with Gasteiger partial charge in [0.25, 0.3) is 0 Å². The number of guanidine groups is 1. The molecule has 2 heterocycles. The van der Waals surface area contributed by atoms with Gasteiger partial charge in [0, 0.05) is 24.0 Å². The molecule has 3 rings (SSSR count). The Bertz CT molecular complexity index is 591. The number of nitrogens with one attached hydrogen (secondary N) is 2. The standard InChI is InChI=1S/C15H17N5/c1-11-7-18-15(20-11)19-10-14-16-8-13(9-17-14)12-5-3-2-4-6-12/h2-6,8-9,11H,7,10H2,1H3,(H2,18,19,20). The van der Waals surface area contributed by atoms with E-state index in [2.05, 4.69) is 44.7 Å². The molecule has 1 atom stereocenters. The molecule has 0 bridgehead atoms. The normalized spacial score (nSPS) is 17.4. The van der Waals surface area contributed by atoms with Gasteiger partial charge in [-0.3, -0.25) is 4.99 Å². The van der Waals surface area contributed by atoms with Crippen LogP contribution in [0.5, 0.6) is 0 Å². The van der Waals surface area contributed by atoms with Gasteiger partial charge in [-0.25, -0.2) is 9.97 Å².